The molecule has 0 spiro atoms. The number of aromatic nitrogens is 3. The molecule has 1 saturated carbocycles. The summed E-state index contributed by atoms with van der Waals surface area (Å²) in [6.07, 6.45) is 12.1. The van der Waals surface area contributed by atoms with Crippen LogP contribution in [0.15, 0.2) is 6.20 Å². The minimum Gasteiger partial charge on any atom is -0.384 e. The number of aliphatic hydroxyl groups is 2. The van der Waals surface area contributed by atoms with E-state index in [0.29, 0.717) is 37.4 Å². The van der Waals surface area contributed by atoms with Crippen LogP contribution in [0.1, 0.15) is 89.8 Å². The minimum atomic E-state index is -1.67. The van der Waals surface area contributed by atoms with Gasteiger partial charge in [0, 0.05) is 19.5 Å². The van der Waals surface area contributed by atoms with Crippen LogP contribution in [0.5, 0.6) is 0 Å². The molecule has 2 unspecified atom stereocenters. The Morgan fingerprint density at radius 2 is 1.87 bits per heavy atom. The lowest BCUT2D eigenvalue weighted by molar-refractivity contribution is -0.141. The molecule has 0 radical (unpaired) electrons. The fourth-order valence-electron chi connectivity index (χ4n) is 6.20. The van der Waals surface area contributed by atoms with Gasteiger partial charge in [-0.1, -0.05) is 43.2 Å². The molecule has 5 atom stereocenters. The molecule has 9 N–H and O–H groups in total. The minimum absolute atomic E-state index is 0. The number of nitrogens with two attached hydrogens (primary N) is 2. The van der Waals surface area contributed by atoms with Crippen molar-refractivity contribution in [2.75, 3.05) is 19.6 Å². The molecule has 2 heterocycles. The molecule has 0 bridgehead atoms. The second-order valence-corrected chi connectivity index (χ2v) is 12.6. The maximum atomic E-state index is 13.8. The Kier molecular flexibility index (Phi) is 15.2. The van der Waals surface area contributed by atoms with Gasteiger partial charge in [0.1, 0.15) is 11.6 Å². The molecule has 15 nitrogen and oxygen atoms in total. The number of terminal acetylenes is 1. The normalized spacial score (nSPS) is 20.5. The fourth-order valence-corrected chi connectivity index (χ4v) is 6.20. The zero-order valence-corrected chi connectivity index (χ0v) is 27.5. The van der Waals surface area contributed by atoms with Crippen molar-refractivity contribution in [1.29, 1.82) is 0 Å². The zero-order valence-electron chi connectivity index (χ0n) is 26.7. The number of primary amides is 1. The maximum Gasteiger partial charge on any atom is 0.315 e. The maximum absolute atomic E-state index is 13.8. The van der Waals surface area contributed by atoms with Crippen molar-refractivity contribution in [3.63, 3.8) is 0 Å². The third-order valence-corrected chi connectivity index (χ3v) is 8.62. The average Bonchev–Trinajstić information content (AvgIpc) is 3.67. The van der Waals surface area contributed by atoms with Crippen molar-refractivity contribution in [1.82, 2.24) is 35.8 Å². The Balaban J connectivity index is 0.00000736. The topological polar surface area (TPSA) is 231 Å². The molecule has 1 saturated heterocycles. The molecule has 16 heteroatoms. The van der Waals surface area contributed by atoms with E-state index in [2.05, 4.69) is 32.2 Å². The summed E-state index contributed by atoms with van der Waals surface area (Å²) < 4.78 is 1.53. The van der Waals surface area contributed by atoms with E-state index < -0.39 is 53.7 Å². The van der Waals surface area contributed by atoms with E-state index in [1.807, 2.05) is 0 Å². The van der Waals surface area contributed by atoms with Crippen molar-refractivity contribution >= 4 is 36.2 Å². The van der Waals surface area contributed by atoms with E-state index in [9.17, 15) is 29.4 Å². The van der Waals surface area contributed by atoms with Gasteiger partial charge in [0.2, 0.25) is 17.7 Å². The van der Waals surface area contributed by atoms with Crippen molar-refractivity contribution < 1.29 is 29.4 Å². The van der Waals surface area contributed by atoms with Crippen LogP contribution in [-0.4, -0.2) is 97.7 Å². The van der Waals surface area contributed by atoms with Crippen molar-refractivity contribution in [3.05, 3.63) is 11.9 Å². The highest BCUT2D eigenvalue weighted by Gasteiger charge is 2.44. The predicted molar refractivity (Wildman–Crippen MR) is 172 cm³/mol. The lowest BCUT2D eigenvalue weighted by atomic mass is 9.84. The second-order valence-electron chi connectivity index (χ2n) is 12.6. The van der Waals surface area contributed by atoms with Crippen LogP contribution in [0, 0.1) is 18.3 Å². The molecule has 3 rings (SSSR count). The standard InChI is InChI=1S/C30H49N9O6.ClH/c1-4-13-33-29(44)34-14-9-8-12-22(25(40)26(32)41)36-27(42)23-16-20(39-24(17-35-37-39)30(2,3)45)18-38(23)28(43)21(31)15-19-10-6-5-7-11-19;/h1,17,19-23,25,40,45H,5-16,18,31H2,2-3H3,(H2,32,41)(H,36,42)(H2,33,34,44);1H/t20-,21+,22?,23-,25?;/m0./s1. The zero-order chi connectivity index (χ0) is 33.1. The summed E-state index contributed by atoms with van der Waals surface area (Å²) in [6.45, 7) is 3.70. The van der Waals surface area contributed by atoms with Crippen molar-refractivity contribution in [2.24, 2.45) is 17.4 Å². The van der Waals surface area contributed by atoms with Gasteiger partial charge in [0.05, 0.1) is 36.6 Å². The number of likely N-dealkylation sites (tertiary alicyclic amines) is 1. The molecule has 1 aromatic rings. The molecule has 46 heavy (non-hydrogen) atoms. The van der Waals surface area contributed by atoms with E-state index in [1.165, 1.54) is 22.2 Å². The third kappa shape index (κ3) is 10.8. The SMILES string of the molecule is C#CCNC(=O)NCCCCC(NC(=O)[C@@H]1C[C@H](n2nncc2C(C)(C)O)CN1C(=O)[C@H](N)CC1CCCCC1)C(O)C(N)=O.Cl. The first-order chi connectivity index (χ1) is 21.3. The smallest absolute Gasteiger partial charge is 0.315 e. The van der Waals surface area contributed by atoms with Crippen LogP contribution >= 0.6 is 12.4 Å². The summed E-state index contributed by atoms with van der Waals surface area (Å²) in [5, 5.41) is 37.2. The molecular formula is C30H50ClN9O6. The van der Waals surface area contributed by atoms with E-state index in [-0.39, 0.29) is 44.2 Å². The summed E-state index contributed by atoms with van der Waals surface area (Å²) in [5.74, 6) is 0.699. The Morgan fingerprint density at radius 1 is 1.17 bits per heavy atom. The first-order valence-electron chi connectivity index (χ1n) is 15.8. The molecule has 1 aliphatic carbocycles. The van der Waals surface area contributed by atoms with Crippen LogP contribution in [-0.2, 0) is 20.0 Å². The molecular weight excluding hydrogens is 618 g/mol. The first kappa shape index (κ1) is 38.7. The lowest BCUT2D eigenvalue weighted by Gasteiger charge is -2.31. The second kappa shape index (κ2) is 18.0. The Labute approximate surface area is 276 Å². The Hall–Kier alpha value is -3.45. The molecule has 5 amide bonds. The van der Waals surface area contributed by atoms with Gasteiger partial charge in [0.15, 0.2) is 6.10 Å². The first-order valence-corrected chi connectivity index (χ1v) is 15.8. The third-order valence-electron chi connectivity index (χ3n) is 8.62. The molecule has 1 aromatic heterocycles. The van der Waals surface area contributed by atoms with Gasteiger partial charge in [0.25, 0.3) is 0 Å². The predicted octanol–water partition coefficient (Wildman–Crippen LogP) is -0.199. The van der Waals surface area contributed by atoms with Crippen LogP contribution in [0.4, 0.5) is 4.79 Å². The highest BCUT2D eigenvalue weighted by atomic mass is 35.5. The number of carbonyl (C=O) groups excluding carboxylic acids is 4. The summed E-state index contributed by atoms with van der Waals surface area (Å²) in [7, 11) is 0. The fraction of sp³-hybridized carbons (Fsp3) is 0.733. The van der Waals surface area contributed by atoms with Crippen LogP contribution in [0.3, 0.4) is 0 Å². The van der Waals surface area contributed by atoms with Gasteiger partial charge in [-0.2, -0.15) is 0 Å². The lowest BCUT2D eigenvalue weighted by Crippen LogP contribution is -2.56. The van der Waals surface area contributed by atoms with E-state index in [4.69, 9.17) is 17.9 Å². The van der Waals surface area contributed by atoms with Crippen LogP contribution in [0.25, 0.3) is 0 Å². The highest BCUT2D eigenvalue weighted by Crippen LogP contribution is 2.33. The number of hydrogen-bond acceptors (Lipinski definition) is 9. The van der Waals surface area contributed by atoms with E-state index in [0.717, 1.165) is 25.7 Å². The Morgan fingerprint density at radius 3 is 2.50 bits per heavy atom. The van der Waals surface area contributed by atoms with Gasteiger partial charge in [-0.25, -0.2) is 9.48 Å². The number of amides is 5. The van der Waals surface area contributed by atoms with Gasteiger partial charge < -0.3 is 42.5 Å². The van der Waals surface area contributed by atoms with Gasteiger partial charge >= 0.3 is 6.03 Å². The summed E-state index contributed by atoms with van der Waals surface area (Å²) in [5.41, 5.74) is 11.0. The quantitative estimate of drug-likeness (QED) is 0.0968. The number of carbonyl (C=O) groups is 4. The summed E-state index contributed by atoms with van der Waals surface area (Å²) >= 11 is 0. The van der Waals surface area contributed by atoms with Gasteiger partial charge in [-0.15, -0.1) is 23.9 Å². The average molecular weight is 668 g/mol. The molecule has 2 fully saturated rings. The molecule has 0 aromatic carbocycles. The van der Waals surface area contributed by atoms with Crippen molar-refractivity contribution in [2.45, 2.75) is 114 Å². The number of rotatable bonds is 15. The van der Waals surface area contributed by atoms with Gasteiger partial charge in [-0.3, -0.25) is 14.4 Å². The number of aliphatic hydroxyl groups excluding tert-OH is 1. The number of nitrogens with zero attached hydrogens (tertiary/aromatic N) is 4. The largest absolute Gasteiger partial charge is 0.384 e. The summed E-state index contributed by atoms with van der Waals surface area (Å²) in [4.78, 5) is 52.6. The Bertz CT molecular complexity index is 1210. The number of urea groups is 1. The number of hydrogen-bond donors (Lipinski definition) is 7. The monoisotopic (exact) mass is 667 g/mol. The van der Waals surface area contributed by atoms with E-state index >= 15 is 0 Å². The molecule has 2 aliphatic rings. The van der Waals surface area contributed by atoms with Crippen LogP contribution in [0.2, 0.25) is 0 Å². The van der Waals surface area contributed by atoms with Crippen LogP contribution < -0.4 is 27.4 Å². The van der Waals surface area contributed by atoms with Gasteiger partial charge in [-0.05, 0) is 45.4 Å². The summed E-state index contributed by atoms with van der Waals surface area (Å²) in [6, 6.07) is -3.72. The van der Waals surface area contributed by atoms with E-state index in [1.54, 1.807) is 13.8 Å². The number of unbranched alkanes of at least 4 members (excludes halogenated alkanes) is 1. The highest BCUT2D eigenvalue weighted by molar-refractivity contribution is 5.91. The number of nitrogens with one attached hydrogen (secondary N) is 3. The van der Waals surface area contributed by atoms with Crippen molar-refractivity contribution in [3.8, 4) is 12.3 Å². The molecule has 1 aliphatic heterocycles. The number of halogens is 1. The molecule has 258 valence electrons.